The number of halogens is 1. The van der Waals surface area contributed by atoms with Crippen molar-refractivity contribution in [3.8, 4) is 0 Å². The lowest BCUT2D eigenvalue weighted by Gasteiger charge is -2.33. The Bertz CT molecular complexity index is 1370. The molecule has 0 fully saturated rings. The van der Waals surface area contributed by atoms with Crippen LogP contribution in [0.5, 0.6) is 0 Å². The molecular weight excluding hydrogens is 522 g/mol. The highest BCUT2D eigenvalue weighted by molar-refractivity contribution is 7.92. The normalized spacial score (nSPS) is 12.5. The van der Waals surface area contributed by atoms with Crippen molar-refractivity contribution >= 4 is 39.1 Å². The van der Waals surface area contributed by atoms with E-state index in [-0.39, 0.29) is 28.1 Å². The molecule has 1 N–H and O–H groups in total. The summed E-state index contributed by atoms with van der Waals surface area (Å²) in [6.45, 7) is 8.75. The molecule has 0 bridgehead atoms. The van der Waals surface area contributed by atoms with Crippen molar-refractivity contribution < 1.29 is 18.0 Å². The number of amides is 2. The van der Waals surface area contributed by atoms with Gasteiger partial charge in [0.2, 0.25) is 11.8 Å². The summed E-state index contributed by atoms with van der Waals surface area (Å²) in [7, 11) is -4.16. The Morgan fingerprint density at radius 1 is 0.921 bits per heavy atom. The number of hydrogen-bond donors (Lipinski definition) is 1. The third-order valence-corrected chi connectivity index (χ3v) is 7.96. The first kappa shape index (κ1) is 29.2. The van der Waals surface area contributed by atoms with E-state index >= 15 is 0 Å². The summed E-state index contributed by atoms with van der Waals surface area (Å²) in [5, 5.41) is 3.10. The minimum absolute atomic E-state index is 0.0244. The van der Waals surface area contributed by atoms with Crippen molar-refractivity contribution in [1.29, 1.82) is 0 Å². The van der Waals surface area contributed by atoms with Crippen LogP contribution in [0.3, 0.4) is 0 Å². The van der Waals surface area contributed by atoms with Gasteiger partial charge in [-0.05, 0) is 64.4 Å². The number of carbonyl (C=O) groups excluding carboxylic acids is 2. The summed E-state index contributed by atoms with van der Waals surface area (Å²) in [6, 6.07) is 21.1. The van der Waals surface area contributed by atoms with E-state index in [1.807, 2.05) is 52.0 Å². The predicted molar refractivity (Wildman–Crippen MR) is 152 cm³/mol. The molecule has 1 atom stereocenters. The van der Waals surface area contributed by atoms with E-state index < -0.39 is 34.1 Å². The number of anilines is 1. The summed E-state index contributed by atoms with van der Waals surface area (Å²) in [6.07, 6.45) is 0. The summed E-state index contributed by atoms with van der Waals surface area (Å²) in [5.74, 6) is -0.880. The number of rotatable bonds is 9. The first-order chi connectivity index (χ1) is 17.8. The SMILES string of the molecule is Cc1ccc(CN(C(=O)CN(c2ccccc2Cl)S(=O)(=O)c2ccccc2)[C@@H](C)C(=O)NC(C)(C)C)cc1. The average molecular weight is 556 g/mol. The van der Waals surface area contributed by atoms with Crippen LogP contribution in [0.25, 0.3) is 0 Å². The standard InChI is InChI=1S/C29H34ClN3O4S/c1-21-15-17-23(18-16-21)19-32(22(2)28(35)31-29(3,4)5)27(34)20-33(26-14-10-9-13-25(26)30)38(36,37)24-11-7-6-8-12-24/h6-18,22H,19-20H2,1-5H3,(H,31,35)/t22-/m0/s1. The Labute approximate surface area is 230 Å². The zero-order valence-electron chi connectivity index (χ0n) is 22.3. The number of sulfonamides is 1. The molecule has 202 valence electrons. The predicted octanol–water partition coefficient (Wildman–Crippen LogP) is 5.18. The molecule has 0 aliphatic heterocycles. The molecule has 0 spiro atoms. The highest BCUT2D eigenvalue weighted by Gasteiger charge is 2.34. The summed E-state index contributed by atoms with van der Waals surface area (Å²) in [4.78, 5) is 28.4. The molecule has 3 rings (SSSR count). The number of hydrogen-bond acceptors (Lipinski definition) is 4. The molecule has 0 saturated heterocycles. The molecular formula is C29H34ClN3O4S. The minimum Gasteiger partial charge on any atom is -0.350 e. The van der Waals surface area contributed by atoms with Gasteiger partial charge in [-0.25, -0.2) is 8.42 Å². The second-order valence-electron chi connectivity index (χ2n) is 10.2. The topological polar surface area (TPSA) is 86.8 Å². The molecule has 0 unspecified atom stereocenters. The second-order valence-corrected chi connectivity index (χ2v) is 12.5. The summed E-state index contributed by atoms with van der Waals surface area (Å²) >= 11 is 6.41. The maximum Gasteiger partial charge on any atom is 0.264 e. The van der Waals surface area contributed by atoms with Crippen molar-refractivity contribution in [3.63, 3.8) is 0 Å². The zero-order chi connectivity index (χ0) is 28.1. The Morgan fingerprint density at radius 2 is 1.50 bits per heavy atom. The molecule has 0 aliphatic carbocycles. The highest BCUT2D eigenvalue weighted by Crippen LogP contribution is 2.30. The first-order valence-electron chi connectivity index (χ1n) is 12.3. The summed E-state index contributed by atoms with van der Waals surface area (Å²) < 4.78 is 28.5. The van der Waals surface area contributed by atoms with Gasteiger partial charge in [0, 0.05) is 12.1 Å². The van der Waals surface area contributed by atoms with Gasteiger partial charge in [0.25, 0.3) is 10.0 Å². The smallest absolute Gasteiger partial charge is 0.264 e. The van der Waals surface area contributed by atoms with Crippen molar-refractivity contribution in [1.82, 2.24) is 10.2 Å². The molecule has 38 heavy (non-hydrogen) atoms. The number of benzene rings is 3. The molecule has 0 heterocycles. The first-order valence-corrected chi connectivity index (χ1v) is 14.1. The Balaban J connectivity index is 2.03. The molecule has 0 aliphatic rings. The second kappa shape index (κ2) is 12.0. The molecule has 3 aromatic carbocycles. The van der Waals surface area contributed by atoms with E-state index in [2.05, 4.69) is 5.32 Å². The van der Waals surface area contributed by atoms with E-state index in [0.29, 0.717) is 0 Å². The Kier molecular flexibility index (Phi) is 9.22. The van der Waals surface area contributed by atoms with Crippen LogP contribution in [0.2, 0.25) is 5.02 Å². The quantitative estimate of drug-likeness (QED) is 0.394. The molecule has 0 saturated carbocycles. The van der Waals surface area contributed by atoms with E-state index in [9.17, 15) is 18.0 Å². The number of para-hydroxylation sites is 1. The van der Waals surface area contributed by atoms with Gasteiger partial charge in [-0.2, -0.15) is 0 Å². The van der Waals surface area contributed by atoms with Crippen LogP contribution in [-0.2, 0) is 26.2 Å². The van der Waals surface area contributed by atoms with Crippen LogP contribution in [-0.4, -0.2) is 43.3 Å². The van der Waals surface area contributed by atoms with Crippen LogP contribution in [0, 0.1) is 6.92 Å². The molecule has 2 amide bonds. The van der Waals surface area contributed by atoms with Crippen LogP contribution in [0.1, 0.15) is 38.8 Å². The van der Waals surface area contributed by atoms with Crippen LogP contribution in [0.15, 0.2) is 83.8 Å². The molecule has 3 aromatic rings. The van der Waals surface area contributed by atoms with Crippen molar-refractivity contribution in [3.05, 3.63) is 95.0 Å². The number of carbonyl (C=O) groups is 2. The third kappa shape index (κ3) is 7.36. The van der Waals surface area contributed by atoms with Gasteiger partial charge in [-0.1, -0.05) is 71.8 Å². The monoisotopic (exact) mass is 555 g/mol. The van der Waals surface area contributed by atoms with E-state index in [0.717, 1.165) is 15.4 Å². The van der Waals surface area contributed by atoms with E-state index in [1.165, 1.54) is 17.0 Å². The van der Waals surface area contributed by atoms with Gasteiger partial charge >= 0.3 is 0 Å². The maximum absolute atomic E-state index is 13.9. The third-order valence-electron chi connectivity index (χ3n) is 5.87. The van der Waals surface area contributed by atoms with Gasteiger partial charge in [-0.3, -0.25) is 13.9 Å². The van der Waals surface area contributed by atoms with Crippen molar-refractivity contribution in [2.75, 3.05) is 10.8 Å². The van der Waals surface area contributed by atoms with Gasteiger partial charge in [0.05, 0.1) is 15.6 Å². The lowest BCUT2D eigenvalue weighted by molar-refractivity contribution is -0.140. The molecule has 9 heteroatoms. The van der Waals surface area contributed by atoms with Crippen molar-refractivity contribution in [2.24, 2.45) is 0 Å². The maximum atomic E-state index is 13.9. The van der Waals surface area contributed by atoms with Crippen LogP contribution in [0.4, 0.5) is 5.69 Å². The Hall–Kier alpha value is -3.36. The van der Waals surface area contributed by atoms with E-state index in [1.54, 1.807) is 49.4 Å². The van der Waals surface area contributed by atoms with Crippen LogP contribution < -0.4 is 9.62 Å². The minimum atomic E-state index is -4.16. The van der Waals surface area contributed by atoms with Gasteiger partial charge < -0.3 is 10.2 Å². The highest BCUT2D eigenvalue weighted by atomic mass is 35.5. The molecule has 0 aromatic heterocycles. The fourth-order valence-corrected chi connectivity index (χ4v) is 5.58. The Morgan fingerprint density at radius 3 is 2.08 bits per heavy atom. The van der Waals surface area contributed by atoms with Crippen molar-refractivity contribution in [2.45, 2.75) is 57.6 Å². The van der Waals surface area contributed by atoms with E-state index in [4.69, 9.17) is 11.6 Å². The largest absolute Gasteiger partial charge is 0.350 e. The van der Waals surface area contributed by atoms with Gasteiger partial charge in [0.1, 0.15) is 12.6 Å². The lowest BCUT2D eigenvalue weighted by atomic mass is 10.1. The molecule has 7 nitrogen and oxygen atoms in total. The van der Waals surface area contributed by atoms with Gasteiger partial charge in [-0.15, -0.1) is 0 Å². The fourth-order valence-electron chi connectivity index (χ4n) is 3.83. The van der Waals surface area contributed by atoms with Gasteiger partial charge in [0.15, 0.2) is 0 Å². The van der Waals surface area contributed by atoms with Crippen LogP contribution >= 0.6 is 11.6 Å². The number of nitrogens with one attached hydrogen (secondary N) is 1. The zero-order valence-corrected chi connectivity index (χ0v) is 23.9. The lowest BCUT2D eigenvalue weighted by Crippen LogP contribution is -2.54. The molecule has 0 radical (unpaired) electrons. The number of aryl methyl sites for hydroxylation is 1. The average Bonchev–Trinajstić information content (AvgIpc) is 2.86. The summed E-state index contributed by atoms with van der Waals surface area (Å²) in [5.41, 5.74) is 1.54. The number of nitrogens with zero attached hydrogens (tertiary/aromatic N) is 2. The fraction of sp³-hybridized carbons (Fsp3) is 0.310.